The standard InChI is InChI=1S/C27H30N2O5/c1-15(24(30)29-18-11-17-12-27(17,13-18)25(31)32)16(2)28-26(33)34-14-23-21-9-5-3-7-19(21)20-8-4-6-10-22(20)23/h3-10,15-18,23H,11-14H2,1-2H3,(H,28,33)(H,29,30)(H,31,32)/t15?,16?,17-,18+,27+/m0/s1. The van der Waals surface area contributed by atoms with Crippen LogP contribution in [0.2, 0.25) is 0 Å². The van der Waals surface area contributed by atoms with Crippen molar-refractivity contribution in [3.05, 3.63) is 59.7 Å². The van der Waals surface area contributed by atoms with Gasteiger partial charge in [-0.05, 0) is 54.4 Å². The van der Waals surface area contributed by atoms with E-state index < -0.39 is 29.4 Å². The predicted octanol–water partition coefficient (Wildman–Crippen LogP) is 3.92. The van der Waals surface area contributed by atoms with E-state index in [-0.39, 0.29) is 30.4 Å². The largest absolute Gasteiger partial charge is 0.481 e. The van der Waals surface area contributed by atoms with Crippen LogP contribution in [0.3, 0.4) is 0 Å². The van der Waals surface area contributed by atoms with Crippen LogP contribution < -0.4 is 10.6 Å². The van der Waals surface area contributed by atoms with Crippen molar-refractivity contribution in [1.29, 1.82) is 0 Å². The molecule has 0 heterocycles. The molecule has 2 unspecified atom stereocenters. The first-order valence-corrected chi connectivity index (χ1v) is 12.0. The van der Waals surface area contributed by atoms with Gasteiger partial charge in [-0.3, -0.25) is 9.59 Å². The summed E-state index contributed by atoms with van der Waals surface area (Å²) in [6.45, 7) is 3.75. The number of benzene rings is 2. The lowest BCUT2D eigenvalue weighted by Crippen LogP contribution is -2.46. The Kier molecular flexibility index (Phi) is 5.58. The summed E-state index contributed by atoms with van der Waals surface area (Å²) >= 11 is 0. The molecule has 0 bridgehead atoms. The Balaban J connectivity index is 1.13. The van der Waals surface area contributed by atoms with Crippen molar-refractivity contribution in [2.24, 2.45) is 17.3 Å². The van der Waals surface area contributed by atoms with Crippen molar-refractivity contribution in [2.75, 3.05) is 6.61 Å². The van der Waals surface area contributed by atoms with Gasteiger partial charge in [-0.25, -0.2) is 4.79 Å². The molecule has 7 nitrogen and oxygen atoms in total. The Labute approximate surface area is 198 Å². The molecule has 3 aliphatic carbocycles. The van der Waals surface area contributed by atoms with Gasteiger partial charge in [0.15, 0.2) is 0 Å². The van der Waals surface area contributed by atoms with E-state index in [9.17, 15) is 19.5 Å². The lowest BCUT2D eigenvalue weighted by Gasteiger charge is -2.24. The summed E-state index contributed by atoms with van der Waals surface area (Å²) in [6, 6.07) is 15.8. The topological polar surface area (TPSA) is 105 Å². The van der Waals surface area contributed by atoms with E-state index >= 15 is 0 Å². The zero-order valence-corrected chi connectivity index (χ0v) is 19.4. The van der Waals surface area contributed by atoms with Crippen molar-refractivity contribution >= 4 is 18.0 Å². The van der Waals surface area contributed by atoms with Crippen molar-refractivity contribution in [1.82, 2.24) is 10.6 Å². The zero-order chi connectivity index (χ0) is 24.0. The summed E-state index contributed by atoms with van der Waals surface area (Å²) < 4.78 is 5.59. The van der Waals surface area contributed by atoms with Gasteiger partial charge in [0, 0.05) is 18.0 Å². The Morgan fingerprint density at radius 1 is 1.03 bits per heavy atom. The molecule has 34 heavy (non-hydrogen) atoms. The minimum atomic E-state index is -0.757. The zero-order valence-electron chi connectivity index (χ0n) is 19.4. The van der Waals surface area contributed by atoms with E-state index in [0.717, 1.165) is 11.1 Å². The molecule has 5 rings (SSSR count). The molecule has 3 N–H and O–H groups in total. The van der Waals surface area contributed by atoms with Crippen LogP contribution >= 0.6 is 0 Å². The van der Waals surface area contributed by atoms with Crippen LogP contribution in [0.5, 0.6) is 0 Å². The van der Waals surface area contributed by atoms with E-state index in [1.54, 1.807) is 13.8 Å². The highest BCUT2D eigenvalue weighted by atomic mass is 16.5. The van der Waals surface area contributed by atoms with Gasteiger partial charge in [0.1, 0.15) is 6.61 Å². The molecular weight excluding hydrogens is 432 g/mol. The van der Waals surface area contributed by atoms with Crippen LogP contribution in [0.1, 0.15) is 50.2 Å². The number of hydrogen-bond donors (Lipinski definition) is 3. The van der Waals surface area contributed by atoms with Crippen molar-refractivity contribution in [3.8, 4) is 11.1 Å². The van der Waals surface area contributed by atoms with Gasteiger partial charge < -0.3 is 20.5 Å². The van der Waals surface area contributed by atoms with Gasteiger partial charge >= 0.3 is 12.1 Å². The monoisotopic (exact) mass is 462 g/mol. The van der Waals surface area contributed by atoms with Crippen LogP contribution in [0.15, 0.2) is 48.5 Å². The van der Waals surface area contributed by atoms with Crippen molar-refractivity contribution in [2.45, 2.75) is 51.1 Å². The van der Waals surface area contributed by atoms with Crippen molar-refractivity contribution in [3.63, 3.8) is 0 Å². The quantitative estimate of drug-likeness (QED) is 0.579. The first-order valence-electron chi connectivity index (χ1n) is 12.0. The average molecular weight is 463 g/mol. The third-order valence-electron chi connectivity index (χ3n) is 8.04. The minimum Gasteiger partial charge on any atom is -0.481 e. The number of carboxylic acids is 1. The number of fused-ring (bicyclic) bond motifs is 4. The molecule has 0 aromatic heterocycles. The SMILES string of the molecule is CC(NC(=O)OCC1c2ccccc2-c2ccccc21)C(C)C(=O)N[C@@H]1C[C@H]2C[C@@]2(C(=O)O)C1. The maximum absolute atomic E-state index is 12.7. The Hall–Kier alpha value is -3.35. The number of carbonyl (C=O) groups is 3. The van der Waals surface area contributed by atoms with Crippen LogP contribution in [-0.4, -0.2) is 41.8 Å². The highest BCUT2D eigenvalue weighted by molar-refractivity contribution is 5.82. The van der Waals surface area contributed by atoms with Gasteiger partial charge in [-0.15, -0.1) is 0 Å². The number of carboxylic acid groups (broad SMARTS) is 1. The van der Waals surface area contributed by atoms with Crippen LogP contribution in [0.4, 0.5) is 4.79 Å². The highest BCUT2D eigenvalue weighted by Crippen LogP contribution is 2.63. The summed E-state index contributed by atoms with van der Waals surface area (Å²) in [5, 5.41) is 15.2. The number of ether oxygens (including phenoxy) is 1. The van der Waals surface area contributed by atoms with Crippen LogP contribution in [0.25, 0.3) is 11.1 Å². The molecular formula is C27H30N2O5. The normalized spacial score (nSPS) is 25.9. The maximum atomic E-state index is 12.7. The number of amides is 2. The van der Waals surface area contributed by atoms with Gasteiger partial charge in [0.25, 0.3) is 0 Å². The van der Waals surface area contributed by atoms with E-state index in [1.165, 1.54) is 11.1 Å². The van der Waals surface area contributed by atoms with Gasteiger partial charge in [0.2, 0.25) is 5.91 Å². The molecule has 0 spiro atoms. The molecule has 2 fully saturated rings. The molecule has 2 aromatic carbocycles. The highest BCUT2D eigenvalue weighted by Gasteiger charge is 2.65. The molecule has 0 saturated heterocycles. The number of rotatable bonds is 7. The third kappa shape index (κ3) is 3.83. The fraction of sp³-hybridized carbons (Fsp3) is 0.444. The van der Waals surface area contributed by atoms with Gasteiger partial charge in [0.05, 0.1) is 11.3 Å². The summed E-state index contributed by atoms with van der Waals surface area (Å²) in [6.07, 6.45) is 1.35. The Morgan fingerprint density at radius 2 is 1.65 bits per heavy atom. The molecule has 7 heteroatoms. The molecule has 3 aliphatic rings. The van der Waals surface area contributed by atoms with E-state index in [4.69, 9.17) is 4.74 Å². The maximum Gasteiger partial charge on any atom is 0.407 e. The number of hydrogen-bond acceptors (Lipinski definition) is 4. The lowest BCUT2D eigenvalue weighted by molar-refractivity contribution is -0.144. The number of alkyl carbamates (subject to hydrolysis) is 1. The molecule has 178 valence electrons. The number of carbonyl (C=O) groups excluding carboxylic acids is 2. The molecule has 2 amide bonds. The molecule has 2 aromatic rings. The van der Waals surface area contributed by atoms with Gasteiger partial charge in [-0.2, -0.15) is 0 Å². The number of aliphatic carboxylic acids is 1. The fourth-order valence-corrected chi connectivity index (χ4v) is 5.78. The summed E-state index contributed by atoms with van der Waals surface area (Å²) in [7, 11) is 0. The van der Waals surface area contributed by atoms with Crippen LogP contribution in [-0.2, 0) is 14.3 Å². The lowest BCUT2D eigenvalue weighted by atomic mass is 9.98. The van der Waals surface area contributed by atoms with Gasteiger partial charge in [-0.1, -0.05) is 55.5 Å². The molecule has 5 atom stereocenters. The number of nitrogens with one attached hydrogen (secondary N) is 2. The summed E-state index contributed by atoms with van der Waals surface area (Å²) in [5.74, 6) is -1.27. The summed E-state index contributed by atoms with van der Waals surface area (Å²) in [5.41, 5.74) is 3.99. The second-order valence-corrected chi connectivity index (χ2v) is 10.1. The molecule has 0 radical (unpaired) electrons. The first kappa shape index (κ1) is 22.4. The first-order chi connectivity index (χ1) is 16.3. The Morgan fingerprint density at radius 3 is 2.24 bits per heavy atom. The predicted molar refractivity (Wildman–Crippen MR) is 126 cm³/mol. The average Bonchev–Trinajstić information content (AvgIpc) is 3.26. The van der Waals surface area contributed by atoms with Crippen molar-refractivity contribution < 1.29 is 24.2 Å². The summed E-state index contributed by atoms with van der Waals surface area (Å²) in [4.78, 5) is 36.7. The van der Waals surface area contributed by atoms with E-state index in [1.807, 2.05) is 24.3 Å². The second-order valence-electron chi connectivity index (χ2n) is 10.1. The van der Waals surface area contributed by atoms with Crippen LogP contribution in [0, 0.1) is 17.3 Å². The second kappa shape index (κ2) is 8.46. The van der Waals surface area contributed by atoms with E-state index in [2.05, 4.69) is 34.9 Å². The Bertz CT molecular complexity index is 1100. The minimum absolute atomic E-state index is 0.0236. The fourth-order valence-electron chi connectivity index (χ4n) is 5.78. The smallest absolute Gasteiger partial charge is 0.407 e. The molecule has 0 aliphatic heterocycles. The van der Waals surface area contributed by atoms with E-state index in [0.29, 0.717) is 19.3 Å². The molecule has 2 saturated carbocycles. The third-order valence-corrected chi connectivity index (χ3v) is 8.04.